The minimum Gasteiger partial charge on any atom is -0.494 e. The summed E-state index contributed by atoms with van der Waals surface area (Å²) in [6.45, 7) is 6.63. The van der Waals surface area contributed by atoms with E-state index in [1.165, 1.54) is 23.1 Å². The number of amides is 1. The Bertz CT molecular complexity index is 1030. The van der Waals surface area contributed by atoms with Gasteiger partial charge in [0.25, 0.3) is 0 Å². The van der Waals surface area contributed by atoms with Crippen molar-refractivity contribution in [3.63, 3.8) is 0 Å². The maximum absolute atomic E-state index is 12.6. The number of ether oxygens (including phenoxy) is 2. The first-order chi connectivity index (χ1) is 15.0. The number of aryl methyl sites for hydroxylation is 1. The number of carbonyl (C=O) groups excluding carboxylic acids is 2. The molecule has 1 N–H and O–H groups in total. The van der Waals surface area contributed by atoms with Gasteiger partial charge < -0.3 is 14.8 Å². The Morgan fingerprint density at radius 3 is 2.61 bits per heavy atom. The van der Waals surface area contributed by atoms with Crippen LogP contribution in [-0.4, -0.2) is 35.8 Å². The molecule has 0 aliphatic carbocycles. The third kappa shape index (κ3) is 6.70. The van der Waals surface area contributed by atoms with E-state index in [0.717, 1.165) is 31.4 Å². The number of nitrogens with zero attached hydrogens (tertiary/aromatic N) is 1. The van der Waals surface area contributed by atoms with Crippen LogP contribution in [0.25, 0.3) is 10.2 Å². The number of fused-ring (bicyclic) bond motifs is 1. The van der Waals surface area contributed by atoms with E-state index in [9.17, 15) is 9.59 Å². The molecule has 1 amide bonds. The van der Waals surface area contributed by atoms with Gasteiger partial charge in [0.1, 0.15) is 5.75 Å². The van der Waals surface area contributed by atoms with Crippen LogP contribution >= 0.6 is 23.1 Å². The van der Waals surface area contributed by atoms with Gasteiger partial charge in [0.05, 0.1) is 41.6 Å². The van der Waals surface area contributed by atoms with E-state index < -0.39 is 6.04 Å². The number of thioether (sulfide) groups is 1. The number of hydrogen-bond acceptors (Lipinski definition) is 7. The van der Waals surface area contributed by atoms with Crippen molar-refractivity contribution in [1.82, 2.24) is 10.3 Å². The summed E-state index contributed by atoms with van der Waals surface area (Å²) in [6.07, 6.45) is 0.0919. The van der Waals surface area contributed by atoms with Crippen molar-refractivity contribution in [1.29, 1.82) is 0 Å². The molecule has 1 atom stereocenters. The van der Waals surface area contributed by atoms with Crippen molar-refractivity contribution in [3.8, 4) is 5.75 Å². The monoisotopic (exact) mass is 458 g/mol. The lowest BCUT2D eigenvalue weighted by molar-refractivity contribution is -0.143. The Hall–Kier alpha value is -2.58. The Kier molecular flexibility index (Phi) is 8.31. The highest BCUT2D eigenvalue weighted by molar-refractivity contribution is 8.01. The quantitative estimate of drug-likeness (QED) is 0.344. The highest BCUT2D eigenvalue weighted by Gasteiger charge is 2.20. The van der Waals surface area contributed by atoms with E-state index in [0.29, 0.717) is 13.2 Å². The molecule has 1 heterocycles. The van der Waals surface area contributed by atoms with Gasteiger partial charge in [0, 0.05) is 0 Å². The molecule has 0 unspecified atom stereocenters. The van der Waals surface area contributed by atoms with Crippen LogP contribution in [0.2, 0.25) is 0 Å². The lowest BCUT2D eigenvalue weighted by atomic mass is 10.0. The molecule has 0 saturated heterocycles. The fourth-order valence-corrected chi connectivity index (χ4v) is 4.91. The fraction of sp³-hybridized carbons (Fsp3) is 0.348. The molecular weight excluding hydrogens is 432 g/mol. The van der Waals surface area contributed by atoms with E-state index in [2.05, 4.69) is 10.3 Å². The third-order valence-corrected chi connectivity index (χ3v) is 6.63. The van der Waals surface area contributed by atoms with Crippen molar-refractivity contribution < 1.29 is 19.1 Å². The number of thiazole rings is 1. The van der Waals surface area contributed by atoms with E-state index in [1.54, 1.807) is 6.92 Å². The van der Waals surface area contributed by atoms with Crippen LogP contribution in [0.1, 0.15) is 37.4 Å². The summed E-state index contributed by atoms with van der Waals surface area (Å²) in [7, 11) is 0. The molecule has 0 bridgehead atoms. The number of nitrogens with one attached hydrogen (secondary N) is 1. The van der Waals surface area contributed by atoms with Crippen LogP contribution in [0.3, 0.4) is 0 Å². The second-order valence-electron chi connectivity index (χ2n) is 6.87. The lowest BCUT2D eigenvalue weighted by Crippen LogP contribution is -2.31. The summed E-state index contributed by atoms with van der Waals surface area (Å²) >= 11 is 2.91. The second kappa shape index (κ2) is 11.2. The van der Waals surface area contributed by atoms with Crippen LogP contribution < -0.4 is 10.1 Å². The number of esters is 1. The van der Waals surface area contributed by atoms with Gasteiger partial charge in [-0.15, -0.1) is 11.3 Å². The van der Waals surface area contributed by atoms with Gasteiger partial charge in [-0.3, -0.25) is 9.59 Å². The molecule has 0 spiro atoms. The average molecular weight is 459 g/mol. The highest BCUT2D eigenvalue weighted by Crippen LogP contribution is 2.32. The number of carbonyl (C=O) groups is 2. The summed E-state index contributed by atoms with van der Waals surface area (Å²) < 4.78 is 12.4. The van der Waals surface area contributed by atoms with Gasteiger partial charge in [0.15, 0.2) is 4.34 Å². The minimum atomic E-state index is -0.433. The van der Waals surface area contributed by atoms with Crippen molar-refractivity contribution >= 4 is 45.2 Å². The van der Waals surface area contributed by atoms with E-state index in [1.807, 2.05) is 56.3 Å². The Balaban J connectivity index is 1.64. The largest absolute Gasteiger partial charge is 0.494 e. The molecule has 6 nitrogen and oxygen atoms in total. The van der Waals surface area contributed by atoms with Crippen LogP contribution in [0.4, 0.5) is 0 Å². The van der Waals surface area contributed by atoms with Crippen molar-refractivity contribution in [2.75, 3.05) is 19.0 Å². The minimum absolute atomic E-state index is 0.0919. The molecule has 3 aromatic rings. The molecule has 2 aromatic carbocycles. The topological polar surface area (TPSA) is 77.5 Å². The molecule has 164 valence electrons. The van der Waals surface area contributed by atoms with Crippen molar-refractivity contribution in [2.24, 2.45) is 0 Å². The molecule has 0 fully saturated rings. The Morgan fingerprint density at radius 1 is 1.13 bits per heavy atom. The standard InChI is InChI=1S/C23H26N2O4S2/c1-4-28-17-10-11-18-20(12-17)31-23(25-18)30-14-21(26)24-19(13-22(27)29-5-2)16-8-6-15(3)7-9-16/h6-12,19H,4-5,13-14H2,1-3H3,(H,24,26)/t19-/m0/s1. The predicted molar refractivity (Wildman–Crippen MR) is 125 cm³/mol. The molecular formula is C23H26N2O4S2. The zero-order valence-corrected chi connectivity index (χ0v) is 19.5. The Labute approximate surface area is 190 Å². The second-order valence-corrected chi connectivity index (χ2v) is 9.12. The first kappa shape index (κ1) is 23.1. The lowest BCUT2D eigenvalue weighted by Gasteiger charge is -2.18. The normalized spacial score (nSPS) is 11.8. The predicted octanol–water partition coefficient (Wildman–Crippen LogP) is 4.91. The summed E-state index contributed by atoms with van der Waals surface area (Å²) in [5.41, 5.74) is 2.88. The summed E-state index contributed by atoms with van der Waals surface area (Å²) in [6, 6.07) is 13.1. The zero-order valence-electron chi connectivity index (χ0n) is 17.8. The summed E-state index contributed by atoms with van der Waals surface area (Å²) in [5.74, 6) is 0.530. The van der Waals surface area contributed by atoms with Crippen LogP contribution in [0.15, 0.2) is 46.8 Å². The number of rotatable bonds is 10. The molecule has 31 heavy (non-hydrogen) atoms. The third-order valence-electron chi connectivity index (χ3n) is 4.47. The van der Waals surface area contributed by atoms with Gasteiger partial charge >= 0.3 is 5.97 Å². The summed E-state index contributed by atoms with van der Waals surface area (Å²) in [5, 5.41) is 2.97. The molecule has 0 aliphatic heterocycles. The van der Waals surface area contributed by atoms with Gasteiger partial charge in [-0.05, 0) is 44.5 Å². The van der Waals surface area contributed by atoms with E-state index in [-0.39, 0.29) is 24.1 Å². The summed E-state index contributed by atoms with van der Waals surface area (Å²) in [4.78, 5) is 29.2. The van der Waals surface area contributed by atoms with Gasteiger partial charge in [0.2, 0.25) is 5.91 Å². The first-order valence-electron chi connectivity index (χ1n) is 10.2. The highest BCUT2D eigenvalue weighted by atomic mass is 32.2. The maximum atomic E-state index is 12.6. The van der Waals surface area contributed by atoms with Crippen molar-refractivity contribution in [2.45, 2.75) is 37.6 Å². The van der Waals surface area contributed by atoms with Crippen LogP contribution in [-0.2, 0) is 14.3 Å². The van der Waals surface area contributed by atoms with Crippen LogP contribution in [0, 0.1) is 6.92 Å². The molecule has 0 radical (unpaired) electrons. The van der Waals surface area contributed by atoms with Crippen molar-refractivity contribution in [3.05, 3.63) is 53.6 Å². The molecule has 3 rings (SSSR count). The maximum Gasteiger partial charge on any atom is 0.308 e. The SMILES string of the molecule is CCOC(=O)C[C@H](NC(=O)CSc1nc2ccc(OCC)cc2s1)c1ccc(C)cc1. The van der Waals surface area contributed by atoms with Gasteiger partial charge in [-0.25, -0.2) is 4.98 Å². The van der Waals surface area contributed by atoms with Gasteiger partial charge in [-0.2, -0.15) is 0 Å². The van der Waals surface area contributed by atoms with Gasteiger partial charge in [-0.1, -0.05) is 41.6 Å². The fourth-order valence-electron chi connectivity index (χ4n) is 3.00. The molecule has 1 aromatic heterocycles. The number of aromatic nitrogens is 1. The zero-order chi connectivity index (χ0) is 22.2. The molecule has 0 aliphatic rings. The Morgan fingerprint density at radius 2 is 1.90 bits per heavy atom. The van der Waals surface area contributed by atoms with Crippen LogP contribution in [0.5, 0.6) is 5.75 Å². The molecule has 0 saturated carbocycles. The first-order valence-corrected chi connectivity index (χ1v) is 12.0. The molecule has 8 heteroatoms. The number of benzene rings is 2. The van der Waals surface area contributed by atoms with E-state index in [4.69, 9.17) is 9.47 Å². The van der Waals surface area contributed by atoms with E-state index >= 15 is 0 Å². The number of hydrogen-bond donors (Lipinski definition) is 1. The smallest absolute Gasteiger partial charge is 0.308 e. The average Bonchev–Trinajstić information content (AvgIpc) is 3.15.